The van der Waals surface area contributed by atoms with Crippen LogP contribution in [0.4, 0.5) is 0 Å². The average Bonchev–Trinajstić information content (AvgIpc) is 2.53. The summed E-state index contributed by atoms with van der Waals surface area (Å²) in [5.74, 6) is 0.0994. The van der Waals surface area contributed by atoms with E-state index < -0.39 is 0 Å². The number of carbonyl (C=O) groups excluding carboxylic acids is 2. The molecule has 1 aliphatic carbocycles. The van der Waals surface area contributed by atoms with Gasteiger partial charge in [0.1, 0.15) is 0 Å². The van der Waals surface area contributed by atoms with Crippen LogP contribution in [-0.4, -0.2) is 29.3 Å². The van der Waals surface area contributed by atoms with Crippen LogP contribution < -0.4 is 5.73 Å². The van der Waals surface area contributed by atoms with Gasteiger partial charge >= 0.3 is 0 Å². The molecule has 2 rings (SSSR count). The lowest BCUT2D eigenvalue weighted by molar-refractivity contribution is -0.137. The van der Waals surface area contributed by atoms with E-state index >= 15 is 0 Å². The fraction of sp³-hybridized carbons (Fsp3) is 0.636. The first-order chi connectivity index (χ1) is 7.16. The first-order valence-electron chi connectivity index (χ1n) is 5.46. The number of amides is 2. The van der Waals surface area contributed by atoms with Crippen molar-refractivity contribution in [1.29, 1.82) is 0 Å². The second-order valence-corrected chi connectivity index (χ2v) is 4.40. The van der Waals surface area contributed by atoms with Gasteiger partial charge in [-0.2, -0.15) is 0 Å². The summed E-state index contributed by atoms with van der Waals surface area (Å²) in [6, 6.07) is 0.310. The SMILES string of the molecule is NC1CCC(CN2C(=O)C=CC2=O)CC1. The molecule has 2 amide bonds. The molecule has 0 unspecified atom stereocenters. The van der Waals surface area contributed by atoms with Crippen molar-refractivity contribution in [1.82, 2.24) is 4.90 Å². The molecule has 82 valence electrons. The van der Waals surface area contributed by atoms with Crippen molar-refractivity contribution in [3.63, 3.8) is 0 Å². The van der Waals surface area contributed by atoms with Gasteiger partial charge in [0.25, 0.3) is 11.8 Å². The first-order valence-corrected chi connectivity index (χ1v) is 5.46. The Kier molecular flexibility index (Phi) is 2.86. The summed E-state index contributed by atoms with van der Waals surface area (Å²) < 4.78 is 0. The molecule has 0 aromatic rings. The molecule has 4 nitrogen and oxygen atoms in total. The fourth-order valence-corrected chi connectivity index (χ4v) is 2.24. The standard InChI is InChI=1S/C11H16N2O2/c12-9-3-1-8(2-4-9)7-13-10(14)5-6-11(13)15/h5-6,8-9H,1-4,7,12H2. The Hall–Kier alpha value is -1.16. The van der Waals surface area contributed by atoms with Crippen molar-refractivity contribution >= 4 is 11.8 Å². The monoisotopic (exact) mass is 208 g/mol. The molecule has 0 bridgehead atoms. The third kappa shape index (κ3) is 2.26. The molecule has 1 fully saturated rings. The molecule has 1 aliphatic heterocycles. The largest absolute Gasteiger partial charge is 0.328 e. The van der Waals surface area contributed by atoms with Crippen molar-refractivity contribution in [2.24, 2.45) is 11.7 Å². The van der Waals surface area contributed by atoms with E-state index in [1.807, 2.05) is 0 Å². The summed E-state index contributed by atoms with van der Waals surface area (Å²) in [7, 11) is 0. The molecule has 0 saturated heterocycles. The summed E-state index contributed by atoms with van der Waals surface area (Å²) in [4.78, 5) is 24.0. The van der Waals surface area contributed by atoms with Crippen LogP contribution >= 0.6 is 0 Å². The number of carbonyl (C=O) groups is 2. The molecular weight excluding hydrogens is 192 g/mol. The molecule has 2 aliphatic rings. The maximum absolute atomic E-state index is 11.3. The Morgan fingerprint density at radius 2 is 1.67 bits per heavy atom. The molecule has 2 N–H and O–H groups in total. The maximum Gasteiger partial charge on any atom is 0.253 e. The quantitative estimate of drug-likeness (QED) is 0.669. The highest BCUT2D eigenvalue weighted by molar-refractivity contribution is 6.12. The Bertz CT molecular complexity index is 286. The average molecular weight is 208 g/mol. The first kappa shape index (κ1) is 10.4. The number of hydrogen-bond acceptors (Lipinski definition) is 3. The molecule has 0 spiro atoms. The van der Waals surface area contributed by atoms with E-state index in [1.54, 1.807) is 0 Å². The van der Waals surface area contributed by atoms with Crippen LogP contribution in [0.15, 0.2) is 12.2 Å². The molecule has 4 heteroatoms. The van der Waals surface area contributed by atoms with E-state index in [2.05, 4.69) is 0 Å². The molecule has 15 heavy (non-hydrogen) atoms. The molecular formula is C11H16N2O2. The molecule has 1 heterocycles. The summed E-state index contributed by atoms with van der Waals surface area (Å²) in [6.45, 7) is 0.567. The van der Waals surface area contributed by atoms with Crippen LogP contribution in [0.1, 0.15) is 25.7 Å². The van der Waals surface area contributed by atoms with Crippen LogP contribution in [-0.2, 0) is 9.59 Å². The van der Waals surface area contributed by atoms with E-state index in [1.165, 1.54) is 17.1 Å². The van der Waals surface area contributed by atoms with Gasteiger partial charge in [-0.1, -0.05) is 0 Å². The predicted octanol–water partition coefficient (Wildman–Crippen LogP) is 0.429. The highest BCUT2D eigenvalue weighted by atomic mass is 16.2. The third-order valence-electron chi connectivity index (χ3n) is 3.23. The lowest BCUT2D eigenvalue weighted by Gasteiger charge is -2.28. The second kappa shape index (κ2) is 4.14. The second-order valence-electron chi connectivity index (χ2n) is 4.40. The van der Waals surface area contributed by atoms with Crippen molar-refractivity contribution in [3.8, 4) is 0 Å². The lowest BCUT2D eigenvalue weighted by Crippen LogP contribution is -2.37. The van der Waals surface area contributed by atoms with Gasteiger partial charge < -0.3 is 5.73 Å². The van der Waals surface area contributed by atoms with Crippen LogP contribution in [0, 0.1) is 5.92 Å². The number of imide groups is 1. The molecule has 0 radical (unpaired) electrons. The summed E-state index contributed by atoms with van der Waals surface area (Å²) >= 11 is 0. The smallest absolute Gasteiger partial charge is 0.253 e. The van der Waals surface area contributed by atoms with Crippen molar-refractivity contribution in [2.75, 3.05) is 6.54 Å². The van der Waals surface area contributed by atoms with E-state index in [9.17, 15) is 9.59 Å². The number of rotatable bonds is 2. The third-order valence-corrected chi connectivity index (χ3v) is 3.23. The van der Waals surface area contributed by atoms with Crippen molar-refractivity contribution in [3.05, 3.63) is 12.2 Å². The topological polar surface area (TPSA) is 63.4 Å². The number of hydrogen-bond donors (Lipinski definition) is 1. The summed E-state index contributed by atoms with van der Waals surface area (Å²) in [5, 5.41) is 0. The van der Waals surface area contributed by atoms with Gasteiger partial charge in [0, 0.05) is 24.7 Å². The van der Waals surface area contributed by atoms with Gasteiger partial charge in [0.2, 0.25) is 0 Å². The summed E-state index contributed by atoms with van der Waals surface area (Å²) in [5.41, 5.74) is 5.80. The van der Waals surface area contributed by atoms with Gasteiger partial charge in [-0.3, -0.25) is 14.5 Å². The Labute approximate surface area is 89.1 Å². The predicted molar refractivity (Wildman–Crippen MR) is 55.8 cm³/mol. The zero-order valence-corrected chi connectivity index (χ0v) is 8.69. The van der Waals surface area contributed by atoms with E-state index in [0.717, 1.165) is 25.7 Å². The van der Waals surface area contributed by atoms with Gasteiger partial charge in [-0.15, -0.1) is 0 Å². The minimum absolute atomic E-state index is 0.171. The highest BCUT2D eigenvalue weighted by Crippen LogP contribution is 2.24. The Balaban J connectivity index is 1.87. The van der Waals surface area contributed by atoms with E-state index in [4.69, 9.17) is 5.73 Å². The zero-order chi connectivity index (χ0) is 10.8. The van der Waals surface area contributed by atoms with Crippen molar-refractivity contribution < 1.29 is 9.59 Å². The lowest BCUT2D eigenvalue weighted by atomic mass is 9.86. The van der Waals surface area contributed by atoms with Crippen LogP contribution in [0.5, 0.6) is 0 Å². The van der Waals surface area contributed by atoms with Crippen LogP contribution in [0.2, 0.25) is 0 Å². The minimum atomic E-state index is -0.171. The Morgan fingerprint density at radius 1 is 1.13 bits per heavy atom. The summed E-state index contributed by atoms with van der Waals surface area (Å²) in [6.07, 6.45) is 6.76. The van der Waals surface area contributed by atoms with Gasteiger partial charge in [-0.05, 0) is 31.6 Å². The van der Waals surface area contributed by atoms with E-state index in [0.29, 0.717) is 18.5 Å². The van der Waals surface area contributed by atoms with Crippen molar-refractivity contribution in [2.45, 2.75) is 31.7 Å². The number of nitrogens with two attached hydrogens (primary N) is 1. The number of nitrogens with zero attached hydrogens (tertiary/aromatic N) is 1. The molecule has 0 aromatic carbocycles. The van der Waals surface area contributed by atoms with Gasteiger partial charge in [0.15, 0.2) is 0 Å². The normalized spacial score (nSPS) is 31.4. The van der Waals surface area contributed by atoms with E-state index in [-0.39, 0.29) is 11.8 Å². The van der Waals surface area contributed by atoms with Gasteiger partial charge in [-0.25, -0.2) is 0 Å². The Morgan fingerprint density at radius 3 is 2.20 bits per heavy atom. The van der Waals surface area contributed by atoms with Gasteiger partial charge in [0.05, 0.1) is 0 Å². The molecule has 1 saturated carbocycles. The zero-order valence-electron chi connectivity index (χ0n) is 8.69. The molecule has 0 atom stereocenters. The molecule has 0 aromatic heterocycles. The fourth-order valence-electron chi connectivity index (χ4n) is 2.24. The highest BCUT2D eigenvalue weighted by Gasteiger charge is 2.28. The van der Waals surface area contributed by atoms with Crippen LogP contribution in [0.25, 0.3) is 0 Å². The maximum atomic E-state index is 11.3. The van der Waals surface area contributed by atoms with Crippen LogP contribution in [0.3, 0.4) is 0 Å². The minimum Gasteiger partial charge on any atom is -0.328 e.